The van der Waals surface area contributed by atoms with Gasteiger partial charge in [-0.1, -0.05) is 20.8 Å². The first kappa shape index (κ1) is 14.7. The predicted molar refractivity (Wildman–Crippen MR) is 69.0 cm³/mol. The zero-order valence-electron chi connectivity index (χ0n) is 11.1. The SMILES string of the molecule is CCOc1n[nH]c(NS(=O)(=O)CCC(C)(C)C)n1. The Bertz CT molecular complexity index is 476. The molecular formula is C10H20N4O3S. The number of anilines is 1. The fraction of sp³-hybridized carbons (Fsp3) is 0.800. The van der Waals surface area contributed by atoms with Crippen LogP contribution >= 0.6 is 0 Å². The van der Waals surface area contributed by atoms with Crippen molar-refractivity contribution in [1.29, 1.82) is 0 Å². The number of hydrogen-bond donors (Lipinski definition) is 2. The summed E-state index contributed by atoms with van der Waals surface area (Å²) in [4.78, 5) is 3.85. The van der Waals surface area contributed by atoms with E-state index in [0.717, 1.165) is 0 Å². The number of sulfonamides is 1. The number of aromatic amines is 1. The van der Waals surface area contributed by atoms with Gasteiger partial charge >= 0.3 is 6.01 Å². The normalized spacial score (nSPS) is 12.4. The number of nitrogens with one attached hydrogen (secondary N) is 2. The van der Waals surface area contributed by atoms with Crippen LogP contribution in [0.3, 0.4) is 0 Å². The molecule has 0 bridgehead atoms. The Morgan fingerprint density at radius 2 is 2.06 bits per heavy atom. The number of nitrogens with zero attached hydrogens (tertiary/aromatic N) is 2. The van der Waals surface area contributed by atoms with Crippen molar-refractivity contribution in [3.8, 4) is 6.01 Å². The van der Waals surface area contributed by atoms with E-state index in [2.05, 4.69) is 19.9 Å². The van der Waals surface area contributed by atoms with Crippen LogP contribution in [-0.4, -0.2) is 36.0 Å². The highest BCUT2D eigenvalue weighted by Crippen LogP contribution is 2.19. The lowest BCUT2D eigenvalue weighted by Crippen LogP contribution is -2.21. The van der Waals surface area contributed by atoms with Gasteiger partial charge in [0.2, 0.25) is 16.0 Å². The first-order chi connectivity index (χ1) is 8.22. The molecule has 8 heteroatoms. The summed E-state index contributed by atoms with van der Waals surface area (Å²) in [6.07, 6.45) is 0.564. The largest absolute Gasteiger partial charge is 0.463 e. The lowest BCUT2D eigenvalue weighted by atomic mass is 9.94. The molecule has 0 aliphatic carbocycles. The van der Waals surface area contributed by atoms with E-state index >= 15 is 0 Å². The maximum Gasteiger partial charge on any atom is 0.337 e. The quantitative estimate of drug-likeness (QED) is 0.818. The van der Waals surface area contributed by atoms with Crippen LogP contribution in [0, 0.1) is 5.41 Å². The van der Waals surface area contributed by atoms with Crippen molar-refractivity contribution in [3.05, 3.63) is 0 Å². The molecule has 0 aliphatic rings. The van der Waals surface area contributed by atoms with E-state index in [9.17, 15) is 8.42 Å². The molecule has 1 aromatic heterocycles. The first-order valence-electron chi connectivity index (χ1n) is 5.77. The van der Waals surface area contributed by atoms with E-state index in [4.69, 9.17) is 4.74 Å². The molecule has 0 atom stereocenters. The minimum Gasteiger partial charge on any atom is -0.463 e. The molecule has 0 saturated heterocycles. The molecule has 0 saturated carbocycles. The Balaban J connectivity index is 2.59. The summed E-state index contributed by atoms with van der Waals surface area (Å²) in [5.41, 5.74) is -0.0351. The van der Waals surface area contributed by atoms with Gasteiger partial charge in [-0.2, -0.15) is 4.98 Å². The smallest absolute Gasteiger partial charge is 0.337 e. The second-order valence-corrected chi connectivity index (χ2v) is 6.97. The van der Waals surface area contributed by atoms with E-state index in [1.54, 1.807) is 6.92 Å². The molecule has 7 nitrogen and oxygen atoms in total. The Morgan fingerprint density at radius 1 is 1.39 bits per heavy atom. The first-order valence-corrected chi connectivity index (χ1v) is 7.43. The highest BCUT2D eigenvalue weighted by atomic mass is 32.2. The van der Waals surface area contributed by atoms with Crippen LogP contribution in [0.1, 0.15) is 34.1 Å². The lowest BCUT2D eigenvalue weighted by Gasteiger charge is -2.17. The van der Waals surface area contributed by atoms with Crippen LogP contribution in [0.25, 0.3) is 0 Å². The van der Waals surface area contributed by atoms with Crippen LogP contribution in [0.5, 0.6) is 6.01 Å². The van der Waals surface area contributed by atoms with Gasteiger partial charge in [-0.15, -0.1) is 5.10 Å². The molecule has 0 fully saturated rings. The average Bonchev–Trinajstić information content (AvgIpc) is 2.62. The summed E-state index contributed by atoms with van der Waals surface area (Å²) in [5, 5.41) is 6.18. The van der Waals surface area contributed by atoms with Crippen molar-refractivity contribution in [3.63, 3.8) is 0 Å². The zero-order chi connectivity index (χ0) is 13.8. The van der Waals surface area contributed by atoms with Gasteiger partial charge in [0.1, 0.15) is 0 Å². The fourth-order valence-electron chi connectivity index (χ4n) is 1.12. The summed E-state index contributed by atoms with van der Waals surface area (Å²) < 4.78 is 30.9. The number of ether oxygens (including phenoxy) is 1. The van der Waals surface area contributed by atoms with Crippen LogP contribution in [-0.2, 0) is 10.0 Å². The van der Waals surface area contributed by atoms with Gasteiger partial charge in [0.25, 0.3) is 0 Å². The summed E-state index contributed by atoms with van der Waals surface area (Å²) >= 11 is 0. The molecule has 0 amide bonds. The van der Waals surface area contributed by atoms with Gasteiger partial charge in [0.05, 0.1) is 12.4 Å². The minimum atomic E-state index is -3.41. The van der Waals surface area contributed by atoms with Crippen molar-refractivity contribution in [2.45, 2.75) is 34.1 Å². The van der Waals surface area contributed by atoms with Gasteiger partial charge in [0.15, 0.2) is 0 Å². The van der Waals surface area contributed by atoms with Gasteiger partial charge in [-0.05, 0) is 18.8 Å². The van der Waals surface area contributed by atoms with Gasteiger partial charge < -0.3 is 4.74 Å². The van der Waals surface area contributed by atoms with Gasteiger partial charge in [0, 0.05) is 0 Å². The molecule has 0 radical (unpaired) electrons. The Morgan fingerprint density at radius 3 is 2.61 bits per heavy atom. The van der Waals surface area contributed by atoms with Crippen molar-refractivity contribution in [1.82, 2.24) is 15.2 Å². The zero-order valence-corrected chi connectivity index (χ0v) is 12.0. The molecule has 104 valence electrons. The molecule has 0 unspecified atom stereocenters. The highest BCUT2D eigenvalue weighted by molar-refractivity contribution is 7.92. The van der Waals surface area contributed by atoms with Crippen molar-refractivity contribution in [2.24, 2.45) is 5.41 Å². The van der Waals surface area contributed by atoms with Crippen LogP contribution in [0.2, 0.25) is 0 Å². The second kappa shape index (κ2) is 5.55. The molecule has 0 aliphatic heterocycles. The number of H-pyrrole nitrogens is 1. The third-order valence-corrected chi connectivity index (χ3v) is 3.36. The van der Waals surface area contributed by atoms with Crippen LogP contribution < -0.4 is 9.46 Å². The molecule has 1 aromatic rings. The van der Waals surface area contributed by atoms with E-state index < -0.39 is 10.0 Å². The molecular weight excluding hydrogens is 256 g/mol. The standard InChI is InChI=1S/C10H20N4O3S/c1-5-17-9-11-8(12-13-9)14-18(15,16)7-6-10(2,3)4/h5-7H2,1-4H3,(H2,11,12,13,14). The number of hydrogen-bond acceptors (Lipinski definition) is 5. The van der Waals surface area contributed by atoms with Crippen molar-refractivity contribution >= 4 is 16.0 Å². The number of rotatable bonds is 6. The summed E-state index contributed by atoms with van der Waals surface area (Å²) in [6.45, 7) is 8.19. The van der Waals surface area contributed by atoms with Gasteiger partial charge in [-0.25, -0.2) is 13.5 Å². The molecule has 18 heavy (non-hydrogen) atoms. The fourth-order valence-corrected chi connectivity index (χ4v) is 2.49. The maximum atomic E-state index is 11.8. The van der Waals surface area contributed by atoms with Crippen LogP contribution in [0.4, 0.5) is 5.95 Å². The highest BCUT2D eigenvalue weighted by Gasteiger charge is 2.18. The molecule has 0 aromatic carbocycles. The minimum absolute atomic E-state index is 0.0351. The second-order valence-electron chi connectivity index (χ2n) is 5.13. The third-order valence-electron chi connectivity index (χ3n) is 2.11. The topological polar surface area (TPSA) is 97.0 Å². The van der Waals surface area contributed by atoms with Crippen molar-refractivity contribution in [2.75, 3.05) is 17.1 Å². The Labute approximate surface area is 107 Å². The van der Waals surface area contributed by atoms with Gasteiger partial charge in [-0.3, -0.25) is 4.72 Å². The molecule has 0 spiro atoms. The molecule has 1 rings (SSSR count). The number of aromatic nitrogens is 3. The summed E-state index contributed by atoms with van der Waals surface area (Å²) in [5.74, 6) is 0.119. The Hall–Kier alpha value is -1.31. The van der Waals surface area contributed by atoms with E-state index in [-0.39, 0.29) is 23.1 Å². The maximum absolute atomic E-state index is 11.8. The monoisotopic (exact) mass is 276 g/mol. The summed E-state index contributed by atoms with van der Waals surface area (Å²) in [6, 6.07) is 0.131. The van der Waals surface area contributed by atoms with E-state index in [1.807, 2.05) is 20.8 Å². The average molecular weight is 276 g/mol. The Kier molecular flexibility index (Phi) is 4.55. The van der Waals surface area contributed by atoms with E-state index in [0.29, 0.717) is 13.0 Å². The molecule has 1 heterocycles. The molecule has 2 N–H and O–H groups in total. The third kappa shape index (κ3) is 5.35. The lowest BCUT2D eigenvalue weighted by molar-refractivity contribution is 0.314. The predicted octanol–water partition coefficient (Wildman–Crippen LogP) is 1.38. The van der Waals surface area contributed by atoms with Crippen molar-refractivity contribution < 1.29 is 13.2 Å². The summed E-state index contributed by atoms with van der Waals surface area (Å²) in [7, 11) is -3.41. The van der Waals surface area contributed by atoms with E-state index in [1.165, 1.54) is 0 Å². The van der Waals surface area contributed by atoms with Crippen LogP contribution in [0.15, 0.2) is 0 Å².